The number of benzene rings is 1. The minimum Gasteiger partial charge on any atom is -0.480 e. The lowest BCUT2D eigenvalue weighted by atomic mass is 9.97. The van der Waals surface area contributed by atoms with Crippen molar-refractivity contribution in [1.82, 2.24) is 20.2 Å². The summed E-state index contributed by atoms with van der Waals surface area (Å²) in [4.78, 5) is 11.6. The Labute approximate surface area is 111 Å². The second-order valence-corrected chi connectivity index (χ2v) is 4.68. The molecule has 1 N–H and O–H groups in total. The first kappa shape index (κ1) is 13.2. The number of tetrazole rings is 1. The lowest BCUT2D eigenvalue weighted by molar-refractivity contribution is -0.138. The van der Waals surface area contributed by atoms with E-state index in [-0.39, 0.29) is 6.54 Å². The standard InChI is InChI=1S/C13H16N4O2/c1-8-4-9(2)11(10(3)5-8)6-12-14-16-17(15-12)7-13(18)19/h4-5H,6-7H2,1-3H3,(H,18,19). The van der Waals surface area contributed by atoms with E-state index in [4.69, 9.17) is 5.11 Å². The number of aromatic nitrogens is 4. The highest BCUT2D eigenvalue weighted by molar-refractivity contribution is 5.66. The third-order valence-electron chi connectivity index (χ3n) is 2.95. The molecule has 6 heteroatoms. The van der Waals surface area contributed by atoms with Gasteiger partial charge in [0.25, 0.3) is 0 Å². The van der Waals surface area contributed by atoms with Gasteiger partial charge in [-0.15, -0.1) is 10.2 Å². The number of nitrogens with zero attached hydrogens (tertiary/aromatic N) is 4. The summed E-state index contributed by atoms with van der Waals surface area (Å²) in [7, 11) is 0. The highest BCUT2D eigenvalue weighted by Gasteiger charge is 2.10. The molecule has 0 aliphatic heterocycles. The van der Waals surface area contributed by atoms with Gasteiger partial charge in [-0.3, -0.25) is 4.79 Å². The number of carboxylic acids is 1. The molecule has 2 rings (SSSR count). The summed E-state index contributed by atoms with van der Waals surface area (Å²) in [6.45, 7) is 5.90. The summed E-state index contributed by atoms with van der Waals surface area (Å²) >= 11 is 0. The van der Waals surface area contributed by atoms with Crippen LogP contribution in [0, 0.1) is 20.8 Å². The molecule has 1 aromatic heterocycles. The number of carbonyl (C=O) groups is 1. The lowest BCUT2D eigenvalue weighted by Crippen LogP contribution is -2.11. The van der Waals surface area contributed by atoms with Crippen molar-refractivity contribution in [2.45, 2.75) is 33.7 Å². The molecule has 0 aliphatic rings. The maximum atomic E-state index is 10.6. The van der Waals surface area contributed by atoms with Crippen LogP contribution in [-0.2, 0) is 17.8 Å². The number of aryl methyl sites for hydroxylation is 3. The molecular formula is C13H16N4O2. The molecule has 1 aromatic carbocycles. The van der Waals surface area contributed by atoms with Crippen molar-refractivity contribution in [2.24, 2.45) is 0 Å². The van der Waals surface area contributed by atoms with Crippen LogP contribution >= 0.6 is 0 Å². The molecule has 0 atom stereocenters. The molecule has 19 heavy (non-hydrogen) atoms. The first-order chi connectivity index (χ1) is 8.95. The van der Waals surface area contributed by atoms with Crippen LogP contribution < -0.4 is 0 Å². The van der Waals surface area contributed by atoms with Gasteiger partial charge in [0.1, 0.15) is 0 Å². The summed E-state index contributed by atoms with van der Waals surface area (Å²) in [6, 6.07) is 4.23. The van der Waals surface area contributed by atoms with Crippen LogP contribution in [0.1, 0.15) is 28.1 Å². The normalized spacial score (nSPS) is 10.7. The van der Waals surface area contributed by atoms with Gasteiger partial charge in [0.2, 0.25) is 0 Å². The molecule has 0 amide bonds. The molecule has 0 radical (unpaired) electrons. The van der Waals surface area contributed by atoms with Crippen molar-refractivity contribution in [1.29, 1.82) is 0 Å². The van der Waals surface area contributed by atoms with Gasteiger partial charge in [-0.05, 0) is 42.7 Å². The molecule has 0 unspecified atom stereocenters. The maximum Gasteiger partial charge on any atom is 0.327 e. The monoisotopic (exact) mass is 260 g/mol. The van der Waals surface area contributed by atoms with E-state index in [0.29, 0.717) is 12.2 Å². The zero-order chi connectivity index (χ0) is 14.0. The Morgan fingerprint density at radius 2 is 1.89 bits per heavy atom. The number of rotatable bonds is 4. The number of aliphatic carboxylic acids is 1. The fourth-order valence-corrected chi connectivity index (χ4v) is 2.18. The van der Waals surface area contributed by atoms with E-state index in [0.717, 1.165) is 4.80 Å². The molecule has 1 heterocycles. The summed E-state index contributed by atoms with van der Waals surface area (Å²) in [6.07, 6.45) is 0.567. The van der Waals surface area contributed by atoms with E-state index < -0.39 is 5.97 Å². The minimum absolute atomic E-state index is 0.265. The van der Waals surface area contributed by atoms with Crippen LogP contribution in [0.25, 0.3) is 0 Å². The Kier molecular flexibility index (Phi) is 3.59. The highest BCUT2D eigenvalue weighted by atomic mass is 16.4. The smallest absolute Gasteiger partial charge is 0.327 e. The van der Waals surface area contributed by atoms with Crippen LogP contribution in [-0.4, -0.2) is 31.3 Å². The van der Waals surface area contributed by atoms with Crippen molar-refractivity contribution >= 4 is 5.97 Å². The van der Waals surface area contributed by atoms with Crippen LogP contribution in [0.4, 0.5) is 0 Å². The first-order valence-corrected chi connectivity index (χ1v) is 6.01. The molecule has 100 valence electrons. The van der Waals surface area contributed by atoms with Crippen LogP contribution in [0.2, 0.25) is 0 Å². The second-order valence-electron chi connectivity index (χ2n) is 4.68. The minimum atomic E-state index is -0.980. The van der Waals surface area contributed by atoms with Crippen LogP contribution in [0.3, 0.4) is 0 Å². The summed E-state index contributed by atoms with van der Waals surface area (Å²) < 4.78 is 0. The lowest BCUT2D eigenvalue weighted by Gasteiger charge is -2.09. The Balaban J connectivity index is 2.22. The van der Waals surface area contributed by atoms with E-state index in [2.05, 4.69) is 48.3 Å². The van der Waals surface area contributed by atoms with Crippen molar-refractivity contribution < 1.29 is 9.90 Å². The Morgan fingerprint density at radius 3 is 2.47 bits per heavy atom. The van der Waals surface area contributed by atoms with Gasteiger partial charge in [-0.2, -0.15) is 4.80 Å². The average molecular weight is 260 g/mol. The van der Waals surface area contributed by atoms with E-state index >= 15 is 0 Å². The van der Waals surface area contributed by atoms with Crippen LogP contribution in [0.5, 0.6) is 0 Å². The third-order valence-corrected chi connectivity index (χ3v) is 2.95. The van der Waals surface area contributed by atoms with E-state index in [1.807, 2.05) is 0 Å². The molecule has 6 nitrogen and oxygen atoms in total. The van der Waals surface area contributed by atoms with Crippen molar-refractivity contribution in [3.63, 3.8) is 0 Å². The van der Waals surface area contributed by atoms with Crippen molar-refractivity contribution in [2.75, 3.05) is 0 Å². The summed E-state index contributed by atoms with van der Waals surface area (Å²) in [5.74, 6) is -0.442. The second kappa shape index (κ2) is 5.17. The maximum absolute atomic E-state index is 10.6. The molecule has 0 saturated heterocycles. The Bertz CT molecular complexity index is 596. The van der Waals surface area contributed by atoms with E-state index in [1.54, 1.807) is 0 Å². The van der Waals surface area contributed by atoms with Gasteiger partial charge < -0.3 is 5.11 Å². The van der Waals surface area contributed by atoms with E-state index in [1.165, 1.54) is 22.3 Å². The highest BCUT2D eigenvalue weighted by Crippen LogP contribution is 2.18. The van der Waals surface area contributed by atoms with Gasteiger partial charge >= 0.3 is 5.97 Å². The molecular weight excluding hydrogens is 244 g/mol. The predicted octanol–water partition coefficient (Wildman–Crippen LogP) is 1.27. The molecule has 0 fully saturated rings. The quantitative estimate of drug-likeness (QED) is 0.895. The largest absolute Gasteiger partial charge is 0.480 e. The zero-order valence-corrected chi connectivity index (χ0v) is 11.2. The number of hydrogen-bond donors (Lipinski definition) is 1. The molecule has 2 aromatic rings. The van der Waals surface area contributed by atoms with E-state index in [9.17, 15) is 4.79 Å². The van der Waals surface area contributed by atoms with Gasteiger partial charge in [0, 0.05) is 6.42 Å². The first-order valence-electron chi connectivity index (χ1n) is 6.01. The van der Waals surface area contributed by atoms with Crippen molar-refractivity contribution in [3.8, 4) is 0 Å². The Hall–Kier alpha value is -2.24. The van der Waals surface area contributed by atoms with Gasteiger partial charge in [-0.25, -0.2) is 0 Å². The average Bonchev–Trinajstić information content (AvgIpc) is 2.70. The van der Waals surface area contributed by atoms with Gasteiger partial charge in [0.05, 0.1) is 0 Å². The molecule has 0 bridgehead atoms. The zero-order valence-electron chi connectivity index (χ0n) is 11.2. The molecule has 0 saturated carbocycles. The Morgan fingerprint density at radius 1 is 1.26 bits per heavy atom. The topological polar surface area (TPSA) is 80.9 Å². The summed E-state index contributed by atoms with van der Waals surface area (Å²) in [5, 5.41) is 20.3. The van der Waals surface area contributed by atoms with Gasteiger partial charge in [-0.1, -0.05) is 17.7 Å². The molecule has 0 aliphatic carbocycles. The number of hydrogen-bond acceptors (Lipinski definition) is 4. The molecule has 0 spiro atoms. The van der Waals surface area contributed by atoms with Crippen LogP contribution in [0.15, 0.2) is 12.1 Å². The fourth-order valence-electron chi connectivity index (χ4n) is 2.18. The third kappa shape index (κ3) is 3.15. The SMILES string of the molecule is Cc1cc(C)c(Cc2nnn(CC(=O)O)n2)c(C)c1. The van der Waals surface area contributed by atoms with Crippen molar-refractivity contribution in [3.05, 3.63) is 40.2 Å². The summed E-state index contributed by atoms with van der Waals surface area (Å²) in [5.41, 5.74) is 4.76. The van der Waals surface area contributed by atoms with Gasteiger partial charge in [0.15, 0.2) is 12.4 Å². The predicted molar refractivity (Wildman–Crippen MR) is 68.9 cm³/mol. The fraction of sp³-hybridized carbons (Fsp3) is 0.385. The number of carboxylic acid groups (broad SMARTS) is 1.